The number of rotatable bonds is 7. The Morgan fingerprint density at radius 2 is 2.09 bits per heavy atom. The van der Waals surface area contributed by atoms with Gasteiger partial charge in [-0.2, -0.15) is 0 Å². The van der Waals surface area contributed by atoms with Gasteiger partial charge in [0.05, 0.1) is 12.0 Å². The van der Waals surface area contributed by atoms with Gasteiger partial charge >= 0.3 is 11.9 Å². The quantitative estimate of drug-likeness (QED) is 0.689. The summed E-state index contributed by atoms with van der Waals surface area (Å²) in [7, 11) is 0. The van der Waals surface area contributed by atoms with Gasteiger partial charge in [-0.25, -0.2) is 4.79 Å². The van der Waals surface area contributed by atoms with Gasteiger partial charge in [0.15, 0.2) is 18.1 Å². The molecular formula is C14H17NO6S. The Kier molecular flexibility index (Phi) is 5.51. The van der Waals surface area contributed by atoms with E-state index in [1.54, 1.807) is 18.2 Å². The number of carboxylic acid groups (broad SMARTS) is 2. The lowest BCUT2D eigenvalue weighted by Gasteiger charge is -2.16. The fourth-order valence-corrected chi connectivity index (χ4v) is 3.24. The SMILES string of the molecule is CCOc1cc([C@@H]2N[C@@H](C(=O)O)CS2)ccc1OCC(=O)O. The van der Waals surface area contributed by atoms with Crippen LogP contribution in [0.4, 0.5) is 0 Å². The molecule has 0 bridgehead atoms. The number of thioether (sulfide) groups is 1. The van der Waals surface area contributed by atoms with Gasteiger partial charge in [0.1, 0.15) is 6.04 Å². The molecule has 1 aliphatic rings. The standard InChI is InChI=1S/C14H17NO6S/c1-2-20-11-5-8(3-4-10(11)21-6-12(16)17)13-15-9(7-22-13)14(18)19/h3-5,9,13,15H,2,6-7H2,1H3,(H,16,17)(H,18,19)/t9-,13-/m1/s1. The number of carbonyl (C=O) groups is 2. The van der Waals surface area contributed by atoms with Crippen LogP contribution in [0.15, 0.2) is 18.2 Å². The van der Waals surface area contributed by atoms with Crippen molar-refractivity contribution in [3.8, 4) is 11.5 Å². The van der Waals surface area contributed by atoms with E-state index in [1.165, 1.54) is 11.8 Å². The molecule has 1 aromatic carbocycles. The zero-order chi connectivity index (χ0) is 16.1. The summed E-state index contributed by atoms with van der Waals surface area (Å²) in [5.74, 6) is -0.653. The van der Waals surface area contributed by atoms with Gasteiger partial charge in [0.25, 0.3) is 0 Å². The van der Waals surface area contributed by atoms with Gasteiger partial charge in [0, 0.05) is 5.75 Å². The third-order valence-corrected chi connectivity index (χ3v) is 4.27. The van der Waals surface area contributed by atoms with E-state index in [0.717, 1.165) is 5.56 Å². The van der Waals surface area contributed by atoms with Gasteiger partial charge in [-0.05, 0) is 24.6 Å². The van der Waals surface area contributed by atoms with Crippen molar-refractivity contribution in [3.05, 3.63) is 23.8 Å². The molecule has 3 N–H and O–H groups in total. The topological polar surface area (TPSA) is 105 Å². The second kappa shape index (κ2) is 7.37. The fourth-order valence-electron chi connectivity index (χ4n) is 2.02. The Labute approximate surface area is 131 Å². The molecule has 8 heteroatoms. The summed E-state index contributed by atoms with van der Waals surface area (Å²) in [6.45, 7) is 1.78. The third kappa shape index (κ3) is 4.05. The van der Waals surface area contributed by atoms with Crippen molar-refractivity contribution in [2.24, 2.45) is 0 Å². The minimum absolute atomic E-state index is 0.145. The summed E-state index contributed by atoms with van der Waals surface area (Å²) in [6.07, 6.45) is 0. The summed E-state index contributed by atoms with van der Waals surface area (Å²) < 4.78 is 10.7. The fraction of sp³-hybridized carbons (Fsp3) is 0.429. The first kappa shape index (κ1) is 16.4. The maximum Gasteiger partial charge on any atom is 0.341 e. The number of nitrogens with one attached hydrogen (secondary N) is 1. The Hall–Kier alpha value is -1.93. The van der Waals surface area contributed by atoms with Crippen LogP contribution in [0.3, 0.4) is 0 Å². The van der Waals surface area contributed by atoms with Gasteiger partial charge in [-0.3, -0.25) is 10.1 Å². The van der Waals surface area contributed by atoms with Crippen LogP contribution in [0.25, 0.3) is 0 Å². The van der Waals surface area contributed by atoms with Crippen LogP contribution in [0, 0.1) is 0 Å². The highest BCUT2D eigenvalue weighted by atomic mass is 32.2. The van der Waals surface area contributed by atoms with E-state index in [2.05, 4.69) is 5.32 Å². The Morgan fingerprint density at radius 1 is 1.32 bits per heavy atom. The lowest BCUT2D eigenvalue weighted by atomic mass is 10.2. The molecule has 1 saturated heterocycles. The zero-order valence-electron chi connectivity index (χ0n) is 11.9. The lowest BCUT2D eigenvalue weighted by molar-refractivity contribution is -0.140. The molecular weight excluding hydrogens is 310 g/mol. The van der Waals surface area contributed by atoms with Gasteiger partial charge in [0.2, 0.25) is 0 Å². The Bertz CT molecular complexity index is 564. The maximum absolute atomic E-state index is 11.0. The van der Waals surface area contributed by atoms with E-state index in [-0.39, 0.29) is 5.37 Å². The van der Waals surface area contributed by atoms with Crippen LogP contribution >= 0.6 is 11.8 Å². The summed E-state index contributed by atoms with van der Waals surface area (Å²) in [6, 6.07) is 4.58. The molecule has 2 atom stereocenters. The maximum atomic E-state index is 11.0. The van der Waals surface area contributed by atoms with Crippen molar-refractivity contribution in [1.82, 2.24) is 5.32 Å². The molecule has 0 aromatic heterocycles. The molecule has 0 saturated carbocycles. The van der Waals surface area contributed by atoms with Crippen LogP contribution in [0.1, 0.15) is 17.9 Å². The minimum atomic E-state index is -1.07. The van der Waals surface area contributed by atoms with Crippen LogP contribution in [-0.4, -0.2) is 47.2 Å². The van der Waals surface area contributed by atoms with Crippen LogP contribution in [0.5, 0.6) is 11.5 Å². The summed E-state index contributed by atoms with van der Waals surface area (Å²) in [5.41, 5.74) is 0.861. The lowest BCUT2D eigenvalue weighted by Crippen LogP contribution is -2.33. The van der Waals surface area contributed by atoms with Crippen molar-refractivity contribution >= 4 is 23.7 Å². The number of hydrogen-bond donors (Lipinski definition) is 3. The van der Waals surface area contributed by atoms with Crippen LogP contribution in [-0.2, 0) is 9.59 Å². The van der Waals surface area contributed by atoms with Crippen molar-refractivity contribution in [2.75, 3.05) is 19.0 Å². The first-order chi connectivity index (χ1) is 10.5. The highest BCUT2D eigenvalue weighted by molar-refractivity contribution is 7.99. The van der Waals surface area contributed by atoms with E-state index in [0.29, 0.717) is 23.9 Å². The number of aliphatic carboxylic acids is 2. The predicted molar refractivity (Wildman–Crippen MR) is 80.5 cm³/mol. The van der Waals surface area contributed by atoms with E-state index < -0.39 is 24.6 Å². The Balaban J connectivity index is 2.14. The van der Waals surface area contributed by atoms with Gasteiger partial charge < -0.3 is 19.7 Å². The molecule has 0 amide bonds. The van der Waals surface area contributed by atoms with Crippen molar-refractivity contribution in [3.63, 3.8) is 0 Å². The second-order valence-corrected chi connectivity index (χ2v) is 5.73. The summed E-state index contributed by atoms with van der Waals surface area (Å²) >= 11 is 1.50. The zero-order valence-corrected chi connectivity index (χ0v) is 12.8. The molecule has 1 heterocycles. The van der Waals surface area contributed by atoms with E-state index >= 15 is 0 Å². The molecule has 0 aliphatic carbocycles. The largest absolute Gasteiger partial charge is 0.490 e. The molecule has 1 aliphatic heterocycles. The van der Waals surface area contributed by atoms with Crippen molar-refractivity contribution in [1.29, 1.82) is 0 Å². The molecule has 2 rings (SSSR count). The normalized spacial score (nSPS) is 20.6. The number of benzene rings is 1. The average Bonchev–Trinajstić information content (AvgIpc) is 2.96. The van der Waals surface area contributed by atoms with E-state index in [1.807, 2.05) is 6.92 Å². The van der Waals surface area contributed by atoms with Gasteiger partial charge in [-0.15, -0.1) is 11.8 Å². The number of carboxylic acids is 2. The summed E-state index contributed by atoms with van der Waals surface area (Å²) in [5, 5.41) is 20.5. The Morgan fingerprint density at radius 3 is 2.68 bits per heavy atom. The first-order valence-corrected chi connectivity index (χ1v) is 7.78. The third-order valence-electron chi connectivity index (χ3n) is 3.00. The van der Waals surface area contributed by atoms with E-state index in [4.69, 9.17) is 19.7 Å². The molecule has 0 unspecified atom stereocenters. The number of ether oxygens (including phenoxy) is 2. The highest BCUT2D eigenvalue weighted by Crippen LogP contribution is 2.37. The van der Waals surface area contributed by atoms with Crippen LogP contribution in [0.2, 0.25) is 0 Å². The van der Waals surface area contributed by atoms with Crippen LogP contribution < -0.4 is 14.8 Å². The summed E-state index contributed by atoms with van der Waals surface area (Å²) in [4.78, 5) is 21.6. The second-order valence-electron chi connectivity index (χ2n) is 4.59. The minimum Gasteiger partial charge on any atom is -0.490 e. The smallest absolute Gasteiger partial charge is 0.341 e. The van der Waals surface area contributed by atoms with Gasteiger partial charge in [-0.1, -0.05) is 6.07 Å². The van der Waals surface area contributed by atoms with Crippen molar-refractivity contribution < 1.29 is 29.3 Å². The van der Waals surface area contributed by atoms with Crippen molar-refractivity contribution in [2.45, 2.75) is 18.3 Å². The first-order valence-electron chi connectivity index (χ1n) is 6.73. The highest BCUT2D eigenvalue weighted by Gasteiger charge is 2.30. The number of hydrogen-bond acceptors (Lipinski definition) is 6. The molecule has 0 radical (unpaired) electrons. The molecule has 1 aromatic rings. The molecule has 1 fully saturated rings. The average molecular weight is 327 g/mol. The molecule has 7 nitrogen and oxygen atoms in total. The molecule has 22 heavy (non-hydrogen) atoms. The monoisotopic (exact) mass is 327 g/mol. The predicted octanol–water partition coefficient (Wildman–Crippen LogP) is 1.34. The van der Waals surface area contributed by atoms with E-state index in [9.17, 15) is 9.59 Å². The molecule has 120 valence electrons. The molecule has 0 spiro atoms.